The molecule has 3 aliphatic rings. The minimum absolute atomic E-state index is 0.0210. The SMILES string of the molecule is CN[C@@H]1C(O)[C@@H](OC2C(O)C(O[C@H]3O[C@H](CNCCO)CCC3N)[C@@H](N)C[C@H]2N=C(N)C(O)C(O)CO)OCC1(C)O. The first kappa shape index (κ1) is 35.4. The maximum Gasteiger partial charge on any atom is 0.185 e. The standard InChI is InChI=1S/C25H50N6O11/c1-25(38)10-39-24(18(37)21(25)29-2)42-20-14(31-22(28)16(35)15(34)9-33)7-13(27)19(17(20)36)41-23-12(26)4-3-11(40-23)8-30-5-6-32/h11-21,23-24,29-30,32-38H,3-10,26-27H2,1-2H3,(H2,28,31)/t11-,12?,13-,14+,15?,16?,17?,18?,19?,20?,21+,23+,24+,25?/m0/s1. The van der Waals surface area contributed by atoms with E-state index in [1.807, 2.05) is 0 Å². The Morgan fingerprint density at radius 2 is 1.76 bits per heavy atom. The third-order valence-corrected chi connectivity index (χ3v) is 8.04. The largest absolute Gasteiger partial charge is 0.395 e. The van der Waals surface area contributed by atoms with Crippen LogP contribution in [0.25, 0.3) is 0 Å². The maximum atomic E-state index is 11.5. The molecule has 1 aliphatic carbocycles. The number of nitrogens with one attached hydrogen (secondary N) is 2. The Balaban J connectivity index is 1.83. The van der Waals surface area contributed by atoms with Crippen LogP contribution in [0, 0.1) is 0 Å². The van der Waals surface area contributed by atoms with Crippen molar-refractivity contribution in [3.05, 3.63) is 0 Å². The molecule has 0 aromatic heterocycles. The summed E-state index contributed by atoms with van der Waals surface area (Å²) in [5, 5.41) is 77.3. The van der Waals surface area contributed by atoms with E-state index >= 15 is 0 Å². The fourth-order valence-electron chi connectivity index (χ4n) is 5.63. The first-order chi connectivity index (χ1) is 19.8. The minimum Gasteiger partial charge on any atom is -0.395 e. The lowest BCUT2D eigenvalue weighted by molar-refractivity contribution is -0.306. The molecule has 8 unspecified atom stereocenters. The summed E-state index contributed by atoms with van der Waals surface area (Å²) in [4.78, 5) is 4.26. The Morgan fingerprint density at radius 3 is 2.40 bits per heavy atom. The van der Waals surface area contributed by atoms with E-state index in [9.17, 15) is 30.6 Å². The summed E-state index contributed by atoms with van der Waals surface area (Å²) in [5.74, 6) is -0.425. The smallest absolute Gasteiger partial charge is 0.185 e. The van der Waals surface area contributed by atoms with Crippen LogP contribution in [0.5, 0.6) is 0 Å². The molecule has 17 heteroatoms. The Hall–Kier alpha value is -1.13. The van der Waals surface area contributed by atoms with Crippen LogP contribution < -0.4 is 27.8 Å². The van der Waals surface area contributed by atoms with Gasteiger partial charge in [0.2, 0.25) is 0 Å². The maximum absolute atomic E-state index is 11.5. The number of aliphatic imine (C=N–C) groups is 1. The van der Waals surface area contributed by atoms with Gasteiger partial charge < -0.3 is 82.5 Å². The van der Waals surface area contributed by atoms with Crippen molar-refractivity contribution in [3.8, 4) is 0 Å². The fraction of sp³-hybridized carbons (Fsp3) is 0.960. The Morgan fingerprint density at radius 1 is 1.07 bits per heavy atom. The zero-order chi connectivity index (χ0) is 31.2. The molecule has 42 heavy (non-hydrogen) atoms. The summed E-state index contributed by atoms with van der Waals surface area (Å²) in [6.45, 7) is 1.36. The molecular formula is C25H50N6O11. The van der Waals surface area contributed by atoms with Crippen molar-refractivity contribution in [1.29, 1.82) is 0 Å². The summed E-state index contributed by atoms with van der Waals surface area (Å²) in [6, 6.07) is -3.20. The second kappa shape index (κ2) is 15.7. The number of nitrogens with two attached hydrogens (primary N) is 3. The molecule has 0 radical (unpaired) electrons. The van der Waals surface area contributed by atoms with Crippen LogP contribution in [-0.2, 0) is 18.9 Å². The summed E-state index contributed by atoms with van der Waals surface area (Å²) in [6.07, 6.45) is -9.70. The van der Waals surface area contributed by atoms with Gasteiger partial charge in [-0.05, 0) is 33.2 Å². The third kappa shape index (κ3) is 8.52. The van der Waals surface area contributed by atoms with Crippen molar-refractivity contribution in [2.24, 2.45) is 22.2 Å². The third-order valence-electron chi connectivity index (χ3n) is 8.04. The number of hydrogen-bond donors (Lipinski definition) is 12. The van der Waals surface area contributed by atoms with E-state index in [1.54, 1.807) is 7.05 Å². The lowest BCUT2D eigenvalue weighted by atomic mass is 9.83. The van der Waals surface area contributed by atoms with E-state index in [2.05, 4.69) is 15.6 Å². The van der Waals surface area contributed by atoms with Gasteiger partial charge in [0.05, 0.1) is 44.1 Å². The molecule has 0 amide bonds. The first-order valence-corrected chi connectivity index (χ1v) is 14.3. The van der Waals surface area contributed by atoms with Crippen LogP contribution in [0.1, 0.15) is 26.2 Å². The van der Waals surface area contributed by atoms with Crippen molar-refractivity contribution in [2.45, 2.75) is 111 Å². The summed E-state index contributed by atoms with van der Waals surface area (Å²) in [7, 11) is 1.56. The van der Waals surface area contributed by atoms with Crippen molar-refractivity contribution in [1.82, 2.24) is 10.6 Å². The molecule has 0 bridgehead atoms. The fourth-order valence-corrected chi connectivity index (χ4v) is 5.63. The van der Waals surface area contributed by atoms with E-state index in [-0.39, 0.29) is 25.7 Å². The van der Waals surface area contributed by atoms with E-state index < -0.39 is 91.4 Å². The Kier molecular flexibility index (Phi) is 13.2. The molecule has 0 aromatic rings. The van der Waals surface area contributed by atoms with Gasteiger partial charge in [0.15, 0.2) is 12.6 Å². The number of amidine groups is 1. The molecule has 2 saturated heterocycles. The second-order valence-corrected chi connectivity index (χ2v) is 11.5. The number of aliphatic hydroxyl groups is 7. The number of aliphatic hydroxyl groups excluding tert-OH is 6. The van der Waals surface area contributed by atoms with E-state index in [0.29, 0.717) is 25.9 Å². The predicted molar refractivity (Wildman–Crippen MR) is 148 cm³/mol. The van der Waals surface area contributed by atoms with Gasteiger partial charge in [-0.1, -0.05) is 0 Å². The van der Waals surface area contributed by atoms with Crippen LogP contribution >= 0.6 is 0 Å². The molecule has 1 saturated carbocycles. The second-order valence-electron chi connectivity index (χ2n) is 11.5. The zero-order valence-electron chi connectivity index (χ0n) is 24.1. The molecule has 0 aromatic carbocycles. The zero-order valence-corrected chi connectivity index (χ0v) is 24.1. The molecule has 14 atom stereocenters. The Labute approximate surface area is 245 Å². The average molecular weight is 611 g/mol. The van der Waals surface area contributed by atoms with Gasteiger partial charge in [0, 0.05) is 19.1 Å². The monoisotopic (exact) mass is 610 g/mol. The first-order valence-electron chi connectivity index (χ1n) is 14.3. The van der Waals surface area contributed by atoms with Gasteiger partial charge in [-0.2, -0.15) is 0 Å². The predicted octanol–water partition coefficient (Wildman–Crippen LogP) is -6.24. The number of hydrogen-bond acceptors (Lipinski definition) is 16. The van der Waals surface area contributed by atoms with Gasteiger partial charge in [0.1, 0.15) is 48.1 Å². The highest BCUT2D eigenvalue weighted by Gasteiger charge is 2.51. The average Bonchev–Trinajstić information content (AvgIpc) is 2.94. The molecule has 2 aliphatic heterocycles. The molecule has 0 spiro atoms. The molecule has 3 rings (SSSR count). The molecule has 2 heterocycles. The highest BCUT2D eigenvalue weighted by molar-refractivity contribution is 5.85. The van der Waals surface area contributed by atoms with Crippen molar-refractivity contribution in [2.75, 3.05) is 40.0 Å². The van der Waals surface area contributed by atoms with Crippen molar-refractivity contribution in [3.63, 3.8) is 0 Å². The van der Waals surface area contributed by atoms with E-state index in [0.717, 1.165) is 0 Å². The van der Waals surface area contributed by atoms with Gasteiger partial charge >= 0.3 is 0 Å². The van der Waals surface area contributed by atoms with Crippen LogP contribution in [-0.4, -0.2) is 167 Å². The van der Waals surface area contributed by atoms with Crippen LogP contribution in [0.4, 0.5) is 0 Å². The van der Waals surface area contributed by atoms with Gasteiger partial charge in [-0.15, -0.1) is 0 Å². The topological polar surface area (TPSA) is 293 Å². The minimum atomic E-state index is -1.71. The number of likely N-dealkylation sites (N-methyl/N-ethyl adjacent to an activating group) is 1. The van der Waals surface area contributed by atoms with Crippen LogP contribution in [0.2, 0.25) is 0 Å². The number of rotatable bonds is 13. The van der Waals surface area contributed by atoms with Gasteiger partial charge in [-0.3, -0.25) is 4.99 Å². The summed E-state index contributed by atoms with van der Waals surface area (Å²) < 4.78 is 23.9. The van der Waals surface area contributed by atoms with Crippen molar-refractivity contribution < 1.29 is 54.7 Å². The summed E-state index contributed by atoms with van der Waals surface area (Å²) >= 11 is 0. The van der Waals surface area contributed by atoms with Crippen LogP contribution in [0.15, 0.2) is 4.99 Å². The quantitative estimate of drug-likeness (QED) is 0.0524. The molecule has 3 fully saturated rings. The lowest BCUT2D eigenvalue weighted by Crippen LogP contribution is -2.67. The van der Waals surface area contributed by atoms with Gasteiger partial charge in [-0.25, -0.2) is 0 Å². The van der Waals surface area contributed by atoms with Crippen LogP contribution in [0.3, 0.4) is 0 Å². The number of nitrogens with zero attached hydrogens (tertiary/aromatic N) is 1. The molecular weight excluding hydrogens is 560 g/mol. The highest BCUT2D eigenvalue weighted by Crippen LogP contribution is 2.33. The highest BCUT2D eigenvalue weighted by atomic mass is 16.7. The molecule has 246 valence electrons. The van der Waals surface area contributed by atoms with E-state index in [4.69, 9.17) is 41.3 Å². The molecule has 17 nitrogen and oxygen atoms in total. The van der Waals surface area contributed by atoms with E-state index in [1.165, 1.54) is 6.92 Å². The summed E-state index contributed by atoms with van der Waals surface area (Å²) in [5.41, 5.74) is 17.2. The normalized spacial score (nSPS) is 43.2. The Bertz CT molecular complexity index is 860. The van der Waals surface area contributed by atoms with Gasteiger partial charge in [0.25, 0.3) is 0 Å². The lowest BCUT2D eigenvalue weighted by Gasteiger charge is -2.48. The number of ether oxygens (including phenoxy) is 4. The molecule has 15 N–H and O–H groups in total. The van der Waals surface area contributed by atoms with Crippen molar-refractivity contribution >= 4 is 5.84 Å².